The molecule has 108 valence electrons. The highest BCUT2D eigenvalue weighted by Gasteiger charge is 2.36. The molecule has 1 fully saturated rings. The molecule has 3 nitrogen and oxygen atoms in total. The summed E-state index contributed by atoms with van der Waals surface area (Å²) in [6, 6.07) is 3.20. The highest BCUT2D eigenvalue weighted by atomic mass is 15.3. The molecule has 1 aromatic heterocycles. The predicted molar refractivity (Wildman–Crippen MR) is 80.4 cm³/mol. The van der Waals surface area contributed by atoms with Gasteiger partial charge in [-0.2, -0.15) is 5.10 Å². The van der Waals surface area contributed by atoms with E-state index in [1.807, 2.05) is 0 Å². The number of hydrogen-bond acceptors (Lipinski definition) is 2. The van der Waals surface area contributed by atoms with Crippen LogP contribution in [0.3, 0.4) is 0 Å². The Kier molecular flexibility index (Phi) is 4.67. The van der Waals surface area contributed by atoms with Gasteiger partial charge in [-0.05, 0) is 44.7 Å². The van der Waals surface area contributed by atoms with Crippen LogP contribution in [-0.4, -0.2) is 22.4 Å². The van der Waals surface area contributed by atoms with Gasteiger partial charge in [0.05, 0.1) is 5.69 Å². The fourth-order valence-electron chi connectivity index (χ4n) is 3.33. The Morgan fingerprint density at radius 3 is 2.58 bits per heavy atom. The minimum absolute atomic E-state index is 0.452. The zero-order valence-corrected chi connectivity index (χ0v) is 12.9. The zero-order chi connectivity index (χ0) is 13.9. The quantitative estimate of drug-likeness (QED) is 0.850. The Hall–Kier alpha value is -0.830. The van der Waals surface area contributed by atoms with Crippen molar-refractivity contribution in [3.8, 4) is 0 Å². The van der Waals surface area contributed by atoms with Crippen LogP contribution in [0.2, 0.25) is 0 Å². The third-order valence-electron chi connectivity index (χ3n) is 4.64. The fraction of sp³-hybridized carbons (Fsp3) is 0.812. The van der Waals surface area contributed by atoms with Crippen LogP contribution < -0.4 is 5.32 Å². The summed E-state index contributed by atoms with van der Waals surface area (Å²) >= 11 is 0. The van der Waals surface area contributed by atoms with Gasteiger partial charge in [0.15, 0.2) is 0 Å². The summed E-state index contributed by atoms with van der Waals surface area (Å²) in [4.78, 5) is 0. The van der Waals surface area contributed by atoms with E-state index in [4.69, 9.17) is 5.10 Å². The van der Waals surface area contributed by atoms with Crippen LogP contribution in [0.5, 0.6) is 0 Å². The molecular formula is C16H29N3. The van der Waals surface area contributed by atoms with Crippen LogP contribution in [0.15, 0.2) is 12.3 Å². The van der Waals surface area contributed by atoms with Gasteiger partial charge in [-0.25, -0.2) is 0 Å². The average Bonchev–Trinajstić information content (AvgIpc) is 2.98. The summed E-state index contributed by atoms with van der Waals surface area (Å²) in [6.45, 7) is 10.1. The molecule has 1 N–H and O–H groups in total. The second-order valence-corrected chi connectivity index (χ2v) is 6.56. The van der Waals surface area contributed by atoms with E-state index in [9.17, 15) is 0 Å². The van der Waals surface area contributed by atoms with Gasteiger partial charge in [0.2, 0.25) is 0 Å². The van der Waals surface area contributed by atoms with Gasteiger partial charge in [-0.1, -0.05) is 26.7 Å². The van der Waals surface area contributed by atoms with Gasteiger partial charge in [0, 0.05) is 24.7 Å². The van der Waals surface area contributed by atoms with Gasteiger partial charge in [-0.15, -0.1) is 0 Å². The molecule has 1 atom stereocenters. The third-order valence-corrected chi connectivity index (χ3v) is 4.64. The molecule has 1 heterocycles. The Morgan fingerprint density at radius 2 is 2.05 bits per heavy atom. The molecule has 1 aliphatic rings. The van der Waals surface area contributed by atoms with Gasteiger partial charge in [-0.3, -0.25) is 4.68 Å². The molecule has 2 rings (SSSR count). The summed E-state index contributed by atoms with van der Waals surface area (Å²) in [5.41, 5.74) is 1.69. The number of nitrogens with zero attached hydrogens (tertiary/aromatic N) is 2. The minimum Gasteiger partial charge on any atom is -0.313 e. The van der Waals surface area contributed by atoms with Crippen LogP contribution in [-0.2, 0) is 6.42 Å². The summed E-state index contributed by atoms with van der Waals surface area (Å²) < 4.78 is 2.06. The van der Waals surface area contributed by atoms with E-state index >= 15 is 0 Å². The lowest BCUT2D eigenvalue weighted by Crippen LogP contribution is -2.43. The second kappa shape index (κ2) is 6.08. The monoisotopic (exact) mass is 263 g/mol. The number of nitrogens with one attached hydrogen (secondary N) is 1. The summed E-state index contributed by atoms with van der Waals surface area (Å²) in [7, 11) is 0. The number of rotatable bonds is 6. The van der Waals surface area contributed by atoms with E-state index in [0.29, 0.717) is 17.5 Å². The lowest BCUT2D eigenvalue weighted by molar-refractivity contribution is 0.220. The van der Waals surface area contributed by atoms with Crippen LogP contribution in [0.1, 0.15) is 65.1 Å². The van der Waals surface area contributed by atoms with E-state index in [-0.39, 0.29) is 0 Å². The normalized spacial score (nSPS) is 20.1. The molecule has 0 radical (unpaired) electrons. The van der Waals surface area contributed by atoms with Crippen molar-refractivity contribution in [1.82, 2.24) is 15.1 Å². The molecule has 1 saturated carbocycles. The number of hydrogen-bond donors (Lipinski definition) is 1. The zero-order valence-electron chi connectivity index (χ0n) is 12.9. The first-order chi connectivity index (χ1) is 9.05. The molecule has 0 aromatic carbocycles. The molecule has 19 heavy (non-hydrogen) atoms. The van der Waals surface area contributed by atoms with Crippen molar-refractivity contribution in [3.05, 3.63) is 18.0 Å². The largest absolute Gasteiger partial charge is 0.313 e. The lowest BCUT2D eigenvalue weighted by atomic mass is 9.78. The van der Waals surface area contributed by atoms with Crippen molar-refractivity contribution >= 4 is 0 Å². The fourth-order valence-corrected chi connectivity index (χ4v) is 3.33. The molecule has 1 aliphatic carbocycles. The Bertz CT molecular complexity index is 388. The van der Waals surface area contributed by atoms with Gasteiger partial charge in [0.1, 0.15) is 0 Å². The number of aromatic nitrogens is 2. The molecule has 0 saturated heterocycles. The molecular weight excluding hydrogens is 234 g/mol. The van der Waals surface area contributed by atoms with E-state index < -0.39 is 0 Å². The van der Waals surface area contributed by atoms with Crippen LogP contribution >= 0.6 is 0 Å². The summed E-state index contributed by atoms with van der Waals surface area (Å²) in [5, 5.41) is 8.41. The molecule has 0 amide bonds. The Labute approximate surface area is 117 Å². The first-order valence-corrected chi connectivity index (χ1v) is 7.82. The van der Waals surface area contributed by atoms with Gasteiger partial charge >= 0.3 is 0 Å². The maximum Gasteiger partial charge on any atom is 0.0640 e. The Balaban J connectivity index is 2.07. The minimum atomic E-state index is 0.452. The predicted octanol–water partition coefficient (Wildman–Crippen LogP) is 3.56. The average molecular weight is 263 g/mol. The maximum atomic E-state index is 4.71. The van der Waals surface area contributed by atoms with E-state index in [2.05, 4.69) is 50.0 Å². The molecule has 0 bridgehead atoms. The van der Waals surface area contributed by atoms with E-state index in [1.165, 1.54) is 31.4 Å². The van der Waals surface area contributed by atoms with Crippen molar-refractivity contribution in [1.29, 1.82) is 0 Å². The highest BCUT2D eigenvalue weighted by Crippen LogP contribution is 2.41. The molecule has 0 aliphatic heterocycles. The SMILES string of the molecule is CCNC(Cc1ccn(C(C)C)n1)C1(C)CCCC1. The van der Waals surface area contributed by atoms with Crippen molar-refractivity contribution in [3.63, 3.8) is 0 Å². The van der Waals surface area contributed by atoms with E-state index in [1.54, 1.807) is 0 Å². The van der Waals surface area contributed by atoms with Crippen LogP contribution in [0.4, 0.5) is 0 Å². The first kappa shape index (κ1) is 14.6. The van der Waals surface area contributed by atoms with E-state index in [0.717, 1.165) is 13.0 Å². The van der Waals surface area contributed by atoms with Crippen molar-refractivity contribution < 1.29 is 0 Å². The van der Waals surface area contributed by atoms with Gasteiger partial charge in [0.25, 0.3) is 0 Å². The van der Waals surface area contributed by atoms with Crippen LogP contribution in [0, 0.1) is 5.41 Å². The molecule has 1 aromatic rings. The topological polar surface area (TPSA) is 29.9 Å². The number of likely N-dealkylation sites (N-methyl/N-ethyl adjacent to an activating group) is 1. The summed E-state index contributed by atoms with van der Waals surface area (Å²) in [5.74, 6) is 0. The molecule has 3 heteroatoms. The van der Waals surface area contributed by atoms with Crippen molar-refractivity contribution in [2.24, 2.45) is 5.41 Å². The molecule has 0 spiro atoms. The van der Waals surface area contributed by atoms with Gasteiger partial charge < -0.3 is 5.32 Å². The van der Waals surface area contributed by atoms with Crippen LogP contribution in [0.25, 0.3) is 0 Å². The van der Waals surface area contributed by atoms with Crippen molar-refractivity contribution in [2.45, 2.75) is 71.9 Å². The standard InChI is InChI=1S/C16H29N3/c1-5-17-15(16(4)9-6-7-10-16)12-14-8-11-19(18-14)13(2)3/h8,11,13,15,17H,5-7,9-10,12H2,1-4H3. The summed E-state index contributed by atoms with van der Waals surface area (Å²) in [6.07, 6.45) is 8.66. The highest BCUT2D eigenvalue weighted by molar-refractivity contribution is 5.05. The maximum absolute atomic E-state index is 4.71. The second-order valence-electron chi connectivity index (χ2n) is 6.56. The van der Waals surface area contributed by atoms with Crippen molar-refractivity contribution in [2.75, 3.05) is 6.54 Å². The Morgan fingerprint density at radius 1 is 1.37 bits per heavy atom. The molecule has 1 unspecified atom stereocenters. The first-order valence-electron chi connectivity index (χ1n) is 7.82. The third kappa shape index (κ3) is 3.38. The lowest BCUT2D eigenvalue weighted by Gasteiger charge is -2.34. The smallest absolute Gasteiger partial charge is 0.0640 e.